The Morgan fingerprint density at radius 2 is 2.32 bits per heavy atom. The standard InChI is InChI=1S/C13H15BrN2O3/c14-10-2-1-3-11(8-10)19-7-4-13(18)16-6-5-15-12(17)9-16/h1-3,8H,4-7,9H2,(H,15,17). The van der Waals surface area contributed by atoms with E-state index in [9.17, 15) is 9.59 Å². The van der Waals surface area contributed by atoms with E-state index in [0.29, 0.717) is 19.7 Å². The van der Waals surface area contributed by atoms with E-state index in [1.165, 1.54) is 0 Å². The van der Waals surface area contributed by atoms with Crippen molar-refractivity contribution >= 4 is 27.7 Å². The fourth-order valence-electron chi connectivity index (χ4n) is 1.82. The molecule has 2 amide bonds. The summed E-state index contributed by atoms with van der Waals surface area (Å²) in [5.41, 5.74) is 0. The first-order valence-electron chi connectivity index (χ1n) is 6.08. The maximum atomic E-state index is 11.9. The number of benzene rings is 1. The van der Waals surface area contributed by atoms with Crippen molar-refractivity contribution in [3.63, 3.8) is 0 Å². The topological polar surface area (TPSA) is 58.6 Å². The van der Waals surface area contributed by atoms with Gasteiger partial charge in [-0.3, -0.25) is 9.59 Å². The summed E-state index contributed by atoms with van der Waals surface area (Å²) in [5, 5.41) is 2.69. The number of ether oxygens (including phenoxy) is 1. The molecule has 1 fully saturated rings. The summed E-state index contributed by atoms with van der Waals surface area (Å²) in [6.07, 6.45) is 0.278. The summed E-state index contributed by atoms with van der Waals surface area (Å²) in [6.45, 7) is 1.56. The van der Waals surface area contributed by atoms with Crippen LogP contribution in [0.4, 0.5) is 0 Å². The molecule has 1 heterocycles. The Bertz CT molecular complexity index is 479. The molecule has 1 N–H and O–H groups in total. The Labute approximate surface area is 120 Å². The molecule has 1 aliphatic heterocycles. The average molecular weight is 327 g/mol. The lowest BCUT2D eigenvalue weighted by Gasteiger charge is -2.26. The fourth-order valence-corrected chi connectivity index (χ4v) is 2.20. The molecular formula is C13H15BrN2O3. The van der Waals surface area contributed by atoms with Crippen LogP contribution in [-0.2, 0) is 9.59 Å². The van der Waals surface area contributed by atoms with Crippen molar-refractivity contribution in [3.05, 3.63) is 28.7 Å². The lowest BCUT2D eigenvalue weighted by atomic mass is 10.3. The molecule has 0 unspecified atom stereocenters. The number of carbonyl (C=O) groups excluding carboxylic acids is 2. The third kappa shape index (κ3) is 4.24. The highest BCUT2D eigenvalue weighted by Gasteiger charge is 2.20. The predicted molar refractivity (Wildman–Crippen MR) is 73.8 cm³/mol. The summed E-state index contributed by atoms with van der Waals surface area (Å²) < 4.78 is 6.43. The molecule has 0 atom stereocenters. The second-order valence-electron chi connectivity index (χ2n) is 4.22. The molecule has 5 nitrogen and oxygen atoms in total. The smallest absolute Gasteiger partial charge is 0.239 e. The third-order valence-electron chi connectivity index (χ3n) is 2.77. The van der Waals surface area contributed by atoms with Crippen LogP contribution in [0.3, 0.4) is 0 Å². The van der Waals surface area contributed by atoms with Gasteiger partial charge in [-0.25, -0.2) is 0 Å². The quantitative estimate of drug-likeness (QED) is 0.903. The largest absolute Gasteiger partial charge is 0.493 e. The minimum Gasteiger partial charge on any atom is -0.493 e. The first-order chi connectivity index (χ1) is 9.15. The van der Waals surface area contributed by atoms with E-state index >= 15 is 0 Å². The maximum absolute atomic E-state index is 11.9. The Kier molecular flexibility index (Phi) is 4.79. The Balaban J connectivity index is 1.76. The minimum absolute atomic E-state index is 0.0511. The zero-order valence-electron chi connectivity index (χ0n) is 10.4. The van der Waals surface area contributed by atoms with Gasteiger partial charge in [-0.05, 0) is 18.2 Å². The van der Waals surface area contributed by atoms with E-state index in [0.717, 1.165) is 10.2 Å². The van der Waals surface area contributed by atoms with Crippen molar-refractivity contribution in [3.8, 4) is 5.75 Å². The van der Waals surface area contributed by atoms with Gasteiger partial charge in [-0.1, -0.05) is 22.0 Å². The van der Waals surface area contributed by atoms with Crippen LogP contribution in [0, 0.1) is 0 Å². The van der Waals surface area contributed by atoms with Gasteiger partial charge in [0.1, 0.15) is 5.75 Å². The van der Waals surface area contributed by atoms with Crippen molar-refractivity contribution in [1.29, 1.82) is 0 Å². The van der Waals surface area contributed by atoms with Crippen molar-refractivity contribution in [2.24, 2.45) is 0 Å². The number of nitrogens with one attached hydrogen (secondary N) is 1. The van der Waals surface area contributed by atoms with Crippen LogP contribution < -0.4 is 10.1 Å². The van der Waals surface area contributed by atoms with E-state index in [1.54, 1.807) is 4.90 Å². The second kappa shape index (κ2) is 6.56. The van der Waals surface area contributed by atoms with Crippen LogP contribution in [0.15, 0.2) is 28.7 Å². The number of amides is 2. The van der Waals surface area contributed by atoms with Crippen molar-refractivity contribution in [2.45, 2.75) is 6.42 Å². The van der Waals surface area contributed by atoms with E-state index < -0.39 is 0 Å². The van der Waals surface area contributed by atoms with Gasteiger partial charge in [-0.15, -0.1) is 0 Å². The Morgan fingerprint density at radius 3 is 3.05 bits per heavy atom. The summed E-state index contributed by atoms with van der Waals surface area (Å²) in [6, 6.07) is 7.46. The first-order valence-corrected chi connectivity index (χ1v) is 6.87. The van der Waals surface area contributed by atoms with Gasteiger partial charge in [0, 0.05) is 17.6 Å². The number of nitrogens with zero attached hydrogens (tertiary/aromatic N) is 1. The number of carbonyl (C=O) groups is 2. The van der Waals surface area contributed by atoms with Gasteiger partial charge in [0.2, 0.25) is 11.8 Å². The van der Waals surface area contributed by atoms with Crippen LogP contribution in [0.2, 0.25) is 0 Å². The second-order valence-corrected chi connectivity index (χ2v) is 5.14. The Morgan fingerprint density at radius 1 is 1.47 bits per heavy atom. The summed E-state index contributed by atoms with van der Waals surface area (Å²) in [7, 11) is 0. The number of rotatable bonds is 4. The maximum Gasteiger partial charge on any atom is 0.239 e. The minimum atomic E-state index is -0.104. The summed E-state index contributed by atoms with van der Waals surface area (Å²) in [5.74, 6) is 0.566. The number of hydrogen-bond donors (Lipinski definition) is 1. The third-order valence-corrected chi connectivity index (χ3v) is 3.27. The molecule has 2 rings (SSSR count). The number of piperazine rings is 1. The van der Waals surface area contributed by atoms with Gasteiger partial charge in [0.05, 0.1) is 19.6 Å². The van der Waals surface area contributed by atoms with E-state index in [1.807, 2.05) is 24.3 Å². The van der Waals surface area contributed by atoms with Gasteiger partial charge in [0.25, 0.3) is 0 Å². The van der Waals surface area contributed by atoms with E-state index in [-0.39, 0.29) is 24.8 Å². The molecule has 19 heavy (non-hydrogen) atoms. The highest BCUT2D eigenvalue weighted by Crippen LogP contribution is 2.17. The number of halogens is 1. The Hall–Kier alpha value is -1.56. The SMILES string of the molecule is O=C1CN(C(=O)CCOc2cccc(Br)c2)CCN1. The molecule has 1 saturated heterocycles. The predicted octanol–water partition coefficient (Wildman–Crippen LogP) is 1.18. The van der Waals surface area contributed by atoms with Crippen LogP contribution in [0.25, 0.3) is 0 Å². The normalized spacial score (nSPS) is 15.0. The van der Waals surface area contributed by atoms with Gasteiger partial charge < -0.3 is 15.0 Å². The number of hydrogen-bond acceptors (Lipinski definition) is 3. The van der Waals surface area contributed by atoms with Crippen LogP contribution in [0.5, 0.6) is 5.75 Å². The van der Waals surface area contributed by atoms with Crippen molar-refractivity contribution < 1.29 is 14.3 Å². The molecule has 0 radical (unpaired) electrons. The molecule has 0 spiro atoms. The van der Waals surface area contributed by atoms with Gasteiger partial charge >= 0.3 is 0 Å². The van der Waals surface area contributed by atoms with Crippen LogP contribution >= 0.6 is 15.9 Å². The molecule has 0 saturated carbocycles. The van der Waals surface area contributed by atoms with E-state index in [4.69, 9.17) is 4.74 Å². The molecule has 1 aromatic rings. The summed E-state index contributed by atoms with van der Waals surface area (Å²) in [4.78, 5) is 24.6. The lowest BCUT2D eigenvalue weighted by molar-refractivity contribution is -0.138. The molecule has 1 aliphatic rings. The highest BCUT2D eigenvalue weighted by molar-refractivity contribution is 9.10. The molecule has 0 aliphatic carbocycles. The average Bonchev–Trinajstić information content (AvgIpc) is 2.38. The highest BCUT2D eigenvalue weighted by atomic mass is 79.9. The van der Waals surface area contributed by atoms with Gasteiger partial charge in [0.15, 0.2) is 0 Å². The van der Waals surface area contributed by atoms with Crippen LogP contribution in [-0.4, -0.2) is 43.0 Å². The molecule has 0 aromatic heterocycles. The van der Waals surface area contributed by atoms with Gasteiger partial charge in [-0.2, -0.15) is 0 Å². The molecule has 0 bridgehead atoms. The van der Waals surface area contributed by atoms with E-state index in [2.05, 4.69) is 21.2 Å². The first kappa shape index (κ1) is 13.9. The van der Waals surface area contributed by atoms with Crippen molar-refractivity contribution in [1.82, 2.24) is 10.2 Å². The molecule has 6 heteroatoms. The zero-order valence-corrected chi connectivity index (χ0v) is 12.0. The lowest BCUT2D eigenvalue weighted by Crippen LogP contribution is -2.50. The summed E-state index contributed by atoms with van der Waals surface area (Å²) >= 11 is 3.35. The zero-order chi connectivity index (χ0) is 13.7. The monoisotopic (exact) mass is 326 g/mol. The molecular weight excluding hydrogens is 312 g/mol. The molecule has 1 aromatic carbocycles. The fraction of sp³-hybridized carbons (Fsp3) is 0.385. The van der Waals surface area contributed by atoms with Crippen molar-refractivity contribution in [2.75, 3.05) is 26.2 Å². The van der Waals surface area contributed by atoms with Crippen LogP contribution in [0.1, 0.15) is 6.42 Å². The molecule has 102 valence electrons.